The first-order valence-corrected chi connectivity index (χ1v) is 7.06. The van der Waals surface area contributed by atoms with E-state index < -0.39 is 8.07 Å². The van der Waals surface area contributed by atoms with Crippen molar-refractivity contribution in [3.8, 4) is 0 Å². The normalized spacial score (nSPS) is 12.0. The standard InChI is InChI=1S/C4H12SeSi/c1-6(2,3)4-5/h5H,4H2,1-3H3/p-1. The van der Waals surface area contributed by atoms with Gasteiger partial charge in [-0.1, -0.05) is 0 Å². The summed E-state index contributed by atoms with van der Waals surface area (Å²) in [6.07, 6.45) is 0. The number of hydrogen-bond acceptors (Lipinski definition) is 0. The molecule has 0 amide bonds. The molecular weight excluding hydrogens is 155 g/mol. The molecule has 0 aromatic heterocycles. The molecule has 0 aromatic rings. The molecule has 0 nitrogen and oxygen atoms in total. The molecule has 0 aliphatic rings. The van der Waals surface area contributed by atoms with Crippen molar-refractivity contribution in [2.45, 2.75) is 24.6 Å². The van der Waals surface area contributed by atoms with Crippen molar-refractivity contribution in [1.29, 1.82) is 0 Å². The minimum atomic E-state index is -0.687. The molecule has 0 saturated heterocycles. The third kappa shape index (κ3) is 4.74. The summed E-state index contributed by atoms with van der Waals surface area (Å²) in [5.74, 6) is 0. The Hall–Kier alpha value is 0.736. The summed E-state index contributed by atoms with van der Waals surface area (Å²) in [6, 6.07) is 0. The fourth-order valence-corrected chi connectivity index (χ4v) is 0. The van der Waals surface area contributed by atoms with Crippen LogP contribution in [0.1, 0.15) is 0 Å². The second-order valence-corrected chi connectivity index (χ2v) is 9.93. The quantitative estimate of drug-likeness (QED) is 0.517. The van der Waals surface area contributed by atoms with E-state index in [-0.39, 0.29) is 0 Å². The average molecular weight is 166 g/mol. The van der Waals surface area contributed by atoms with Crippen LogP contribution in [0.4, 0.5) is 0 Å². The van der Waals surface area contributed by atoms with Crippen LogP contribution in [0.5, 0.6) is 0 Å². The Morgan fingerprint density at radius 1 is 1.33 bits per heavy atom. The first-order valence-electron chi connectivity index (χ1n) is 2.14. The molecule has 0 fully saturated rings. The van der Waals surface area contributed by atoms with Gasteiger partial charge in [-0.25, -0.2) is 0 Å². The van der Waals surface area contributed by atoms with Crippen molar-refractivity contribution in [1.82, 2.24) is 0 Å². The van der Waals surface area contributed by atoms with Crippen LogP contribution in [0.3, 0.4) is 0 Å². The number of hydrogen-bond donors (Lipinski definition) is 0. The van der Waals surface area contributed by atoms with Crippen LogP contribution in [-0.4, -0.2) is 24.1 Å². The first kappa shape index (κ1) is 6.74. The fraction of sp³-hybridized carbons (Fsp3) is 1.00. The van der Waals surface area contributed by atoms with Gasteiger partial charge in [0.05, 0.1) is 0 Å². The van der Waals surface area contributed by atoms with Gasteiger partial charge in [0.2, 0.25) is 0 Å². The van der Waals surface area contributed by atoms with Crippen molar-refractivity contribution >= 4 is 24.1 Å². The third-order valence-corrected chi connectivity index (χ3v) is 6.75. The van der Waals surface area contributed by atoms with Gasteiger partial charge in [0.15, 0.2) is 0 Å². The summed E-state index contributed by atoms with van der Waals surface area (Å²) in [6.45, 7) is 7.05. The summed E-state index contributed by atoms with van der Waals surface area (Å²) in [4.78, 5) is 1.28. The molecular formula is C4H11SeSi-. The topological polar surface area (TPSA) is 0 Å². The van der Waals surface area contributed by atoms with Crippen LogP contribution in [0.2, 0.25) is 24.6 Å². The van der Waals surface area contributed by atoms with Gasteiger partial charge in [0, 0.05) is 0 Å². The maximum absolute atomic E-state index is 3.04. The molecule has 0 aliphatic heterocycles. The molecule has 2 heteroatoms. The maximum atomic E-state index is 3.04. The second-order valence-electron chi connectivity index (χ2n) is 2.70. The summed E-state index contributed by atoms with van der Waals surface area (Å²) < 4.78 is 0. The Labute approximate surface area is 49.2 Å². The predicted molar refractivity (Wildman–Crippen MR) is 33.9 cm³/mol. The molecule has 0 spiro atoms. The van der Waals surface area contributed by atoms with Crippen molar-refractivity contribution < 1.29 is 0 Å². The van der Waals surface area contributed by atoms with E-state index in [0.29, 0.717) is 0 Å². The van der Waals surface area contributed by atoms with Crippen LogP contribution in [-0.2, 0) is 0 Å². The molecule has 0 saturated carbocycles. The van der Waals surface area contributed by atoms with Crippen LogP contribution >= 0.6 is 0 Å². The summed E-state index contributed by atoms with van der Waals surface area (Å²) >= 11 is 3.04. The third-order valence-electron chi connectivity index (χ3n) is 0.433. The molecule has 0 bridgehead atoms. The van der Waals surface area contributed by atoms with Crippen molar-refractivity contribution in [3.63, 3.8) is 0 Å². The summed E-state index contributed by atoms with van der Waals surface area (Å²) in [7, 11) is -0.687. The van der Waals surface area contributed by atoms with Crippen LogP contribution in [0.25, 0.3) is 0 Å². The Bertz CT molecular complexity index is 37.3. The molecule has 0 aliphatic carbocycles. The van der Waals surface area contributed by atoms with E-state index >= 15 is 0 Å². The van der Waals surface area contributed by atoms with E-state index in [1.807, 2.05) is 0 Å². The van der Waals surface area contributed by atoms with Gasteiger partial charge in [0.25, 0.3) is 0 Å². The van der Waals surface area contributed by atoms with Gasteiger partial charge in [-0.3, -0.25) is 0 Å². The molecule has 0 aromatic carbocycles. The molecule has 38 valence electrons. The van der Waals surface area contributed by atoms with Gasteiger partial charge < -0.3 is 0 Å². The molecule has 0 N–H and O–H groups in total. The molecule has 0 unspecified atom stereocenters. The van der Waals surface area contributed by atoms with Gasteiger partial charge in [-0.05, 0) is 0 Å². The van der Waals surface area contributed by atoms with Crippen molar-refractivity contribution in [3.05, 3.63) is 0 Å². The summed E-state index contributed by atoms with van der Waals surface area (Å²) in [5, 5.41) is 0. The molecule has 0 rings (SSSR count). The van der Waals surface area contributed by atoms with Crippen LogP contribution in [0.15, 0.2) is 0 Å². The number of rotatable bonds is 1. The monoisotopic (exact) mass is 167 g/mol. The molecule has 0 heterocycles. The van der Waals surface area contributed by atoms with Crippen LogP contribution in [0, 0.1) is 0 Å². The fourth-order valence-electron chi connectivity index (χ4n) is 0. The van der Waals surface area contributed by atoms with Gasteiger partial charge >= 0.3 is 48.7 Å². The van der Waals surface area contributed by atoms with E-state index in [0.717, 1.165) is 0 Å². The van der Waals surface area contributed by atoms with E-state index in [9.17, 15) is 0 Å². The Morgan fingerprint density at radius 2 is 1.50 bits per heavy atom. The average Bonchev–Trinajstić information content (AvgIpc) is 1.35. The Balaban J connectivity index is 3.17. The van der Waals surface area contributed by atoms with Crippen molar-refractivity contribution in [2.75, 3.05) is 0 Å². The van der Waals surface area contributed by atoms with Crippen LogP contribution < -0.4 is 0 Å². The van der Waals surface area contributed by atoms with E-state index in [1.165, 1.54) is 4.94 Å². The first-order chi connectivity index (χ1) is 2.56. The zero-order valence-corrected chi connectivity index (χ0v) is 7.33. The van der Waals surface area contributed by atoms with Gasteiger partial charge in [0.1, 0.15) is 0 Å². The van der Waals surface area contributed by atoms with E-state index in [2.05, 4.69) is 35.7 Å². The zero-order valence-electron chi connectivity index (χ0n) is 4.62. The van der Waals surface area contributed by atoms with Crippen molar-refractivity contribution in [2.24, 2.45) is 0 Å². The Kier molecular flexibility index (Phi) is 2.41. The Morgan fingerprint density at radius 3 is 1.50 bits per heavy atom. The van der Waals surface area contributed by atoms with E-state index in [4.69, 9.17) is 0 Å². The molecule has 6 heavy (non-hydrogen) atoms. The molecule has 0 radical (unpaired) electrons. The minimum absolute atomic E-state index is 0.687. The second kappa shape index (κ2) is 2.15. The predicted octanol–water partition coefficient (Wildman–Crippen LogP) is 1.45. The van der Waals surface area contributed by atoms with Gasteiger partial charge in [-0.2, -0.15) is 0 Å². The molecule has 0 atom stereocenters. The van der Waals surface area contributed by atoms with Gasteiger partial charge in [-0.15, -0.1) is 0 Å². The zero-order chi connectivity index (χ0) is 5.21. The SMILES string of the molecule is C[Si](C)(C)C[Se-]. The van der Waals surface area contributed by atoms with E-state index in [1.54, 1.807) is 0 Å². The summed E-state index contributed by atoms with van der Waals surface area (Å²) in [5.41, 5.74) is 0.